The zero-order chi connectivity index (χ0) is 22.5. The number of hydrogen-bond acceptors (Lipinski definition) is 7. The Morgan fingerprint density at radius 2 is 1.71 bits per heavy atom. The van der Waals surface area contributed by atoms with Gasteiger partial charge >= 0.3 is 0 Å². The number of benzene rings is 2. The lowest BCUT2D eigenvalue weighted by molar-refractivity contribution is -0.133. The van der Waals surface area contributed by atoms with Crippen molar-refractivity contribution in [1.82, 2.24) is 10.9 Å². The van der Waals surface area contributed by atoms with Crippen molar-refractivity contribution in [2.24, 2.45) is 5.10 Å². The van der Waals surface area contributed by atoms with Gasteiger partial charge in [-0.05, 0) is 49.7 Å². The first-order valence-electron chi connectivity index (χ1n) is 9.86. The molecule has 9 heteroatoms. The van der Waals surface area contributed by atoms with E-state index in [1.165, 1.54) is 6.21 Å². The van der Waals surface area contributed by atoms with Crippen LogP contribution in [-0.4, -0.2) is 45.4 Å². The zero-order valence-corrected chi connectivity index (χ0v) is 17.9. The summed E-state index contributed by atoms with van der Waals surface area (Å²) in [7, 11) is 3.13. The van der Waals surface area contributed by atoms with E-state index in [0.29, 0.717) is 43.1 Å². The van der Waals surface area contributed by atoms with Gasteiger partial charge in [0.2, 0.25) is 5.91 Å². The number of rotatable bonds is 12. The average Bonchev–Trinajstić information content (AvgIpc) is 2.80. The molecule has 0 aliphatic carbocycles. The smallest absolute Gasteiger partial charge is 0.271 e. The van der Waals surface area contributed by atoms with Crippen LogP contribution in [0.2, 0.25) is 0 Å². The fraction of sp³-hybridized carbons (Fsp3) is 0.318. The fourth-order valence-corrected chi connectivity index (χ4v) is 2.56. The number of carbonyl (C=O) groups is 2. The van der Waals surface area contributed by atoms with Crippen LogP contribution >= 0.6 is 0 Å². The van der Waals surface area contributed by atoms with Crippen LogP contribution in [0.1, 0.15) is 35.7 Å². The van der Waals surface area contributed by atoms with Crippen LogP contribution in [-0.2, 0) is 9.63 Å². The SMILES string of the molecule is CCONC(=O)CCCNc1ccc(C(=O)N/N=C/c2cc(OC)cc(OC)c2)cc1. The number of carbonyl (C=O) groups excluding carboxylic acids is 2. The van der Waals surface area contributed by atoms with E-state index in [0.717, 1.165) is 11.3 Å². The molecule has 0 radical (unpaired) electrons. The molecule has 0 spiro atoms. The molecule has 2 aromatic rings. The quantitative estimate of drug-likeness (QED) is 0.272. The topological polar surface area (TPSA) is 110 Å². The minimum Gasteiger partial charge on any atom is -0.497 e. The Morgan fingerprint density at radius 3 is 2.32 bits per heavy atom. The first kappa shape index (κ1) is 23.7. The normalized spacial score (nSPS) is 10.5. The van der Waals surface area contributed by atoms with Gasteiger partial charge in [-0.25, -0.2) is 10.9 Å². The molecule has 0 bridgehead atoms. The molecule has 2 aromatic carbocycles. The molecule has 0 aliphatic heterocycles. The van der Waals surface area contributed by atoms with Gasteiger partial charge in [0.1, 0.15) is 11.5 Å². The minimum absolute atomic E-state index is 0.149. The fourth-order valence-electron chi connectivity index (χ4n) is 2.56. The lowest BCUT2D eigenvalue weighted by Crippen LogP contribution is -2.23. The van der Waals surface area contributed by atoms with Gasteiger partial charge in [0.25, 0.3) is 5.91 Å². The molecule has 9 nitrogen and oxygen atoms in total. The predicted molar refractivity (Wildman–Crippen MR) is 119 cm³/mol. The third-order valence-corrected chi connectivity index (χ3v) is 4.14. The number of ether oxygens (including phenoxy) is 2. The van der Waals surface area contributed by atoms with E-state index in [1.54, 1.807) is 63.6 Å². The monoisotopic (exact) mass is 428 g/mol. The van der Waals surface area contributed by atoms with E-state index >= 15 is 0 Å². The molecule has 0 atom stereocenters. The Morgan fingerprint density at radius 1 is 1.03 bits per heavy atom. The van der Waals surface area contributed by atoms with Gasteiger partial charge in [0.05, 0.1) is 27.0 Å². The second-order valence-corrected chi connectivity index (χ2v) is 6.41. The lowest BCUT2D eigenvalue weighted by Gasteiger charge is -2.08. The third kappa shape index (κ3) is 8.35. The van der Waals surface area contributed by atoms with Crippen LogP contribution in [0, 0.1) is 0 Å². The molecule has 0 saturated heterocycles. The lowest BCUT2D eigenvalue weighted by atomic mass is 10.2. The molecule has 166 valence electrons. The summed E-state index contributed by atoms with van der Waals surface area (Å²) in [5.74, 6) is 0.782. The first-order chi connectivity index (χ1) is 15.0. The Kier molecular flexibility index (Phi) is 9.83. The number of hydroxylamine groups is 1. The molecule has 0 unspecified atom stereocenters. The summed E-state index contributed by atoms with van der Waals surface area (Å²) in [4.78, 5) is 28.5. The summed E-state index contributed by atoms with van der Waals surface area (Å²) in [6.07, 6.45) is 2.54. The molecule has 0 saturated carbocycles. The summed E-state index contributed by atoms with van der Waals surface area (Å²) in [5, 5.41) is 7.19. The molecule has 0 aromatic heterocycles. The van der Waals surface area contributed by atoms with Crippen molar-refractivity contribution < 1.29 is 23.9 Å². The molecule has 2 amide bonds. The number of methoxy groups -OCH3 is 2. The zero-order valence-electron chi connectivity index (χ0n) is 17.9. The molecule has 0 fully saturated rings. The van der Waals surface area contributed by atoms with Gasteiger partial charge in [-0.1, -0.05) is 0 Å². The van der Waals surface area contributed by atoms with Crippen LogP contribution in [0.4, 0.5) is 5.69 Å². The standard InChI is InChI=1S/C22H28N4O5/c1-4-31-26-21(27)6-5-11-23-18-9-7-17(8-10-18)22(28)25-24-15-16-12-19(29-2)14-20(13-16)30-3/h7-10,12-15,23H,4-6,11H2,1-3H3,(H,25,28)(H,26,27)/b24-15+. The molecule has 0 heterocycles. The van der Waals surface area contributed by atoms with Crippen molar-refractivity contribution in [3.05, 3.63) is 53.6 Å². The van der Waals surface area contributed by atoms with E-state index < -0.39 is 0 Å². The Labute approximate surface area is 181 Å². The highest BCUT2D eigenvalue weighted by Gasteiger charge is 2.05. The number of anilines is 1. The summed E-state index contributed by atoms with van der Waals surface area (Å²) >= 11 is 0. The van der Waals surface area contributed by atoms with E-state index in [-0.39, 0.29) is 11.8 Å². The maximum atomic E-state index is 12.3. The summed E-state index contributed by atoms with van der Waals surface area (Å²) < 4.78 is 10.4. The highest BCUT2D eigenvalue weighted by molar-refractivity contribution is 5.95. The van der Waals surface area contributed by atoms with Crippen molar-refractivity contribution in [1.29, 1.82) is 0 Å². The molecule has 3 N–H and O–H groups in total. The van der Waals surface area contributed by atoms with Gasteiger partial charge in [0.15, 0.2) is 0 Å². The van der Waals surface area contributed by atoms with E-state index in [1.807, 2.05) is 0 Å². The molecular weight excluding hydrogens is 400 g/mol. The number of nitrogens with zero attached hydrogens (tertiary/aromatic N) is 1. The minimum atomic E-state index is -0.328. The van der Waals surface area contributed by atoms with E-state index in [2.05, 4.69) is 21.3 Å². The van der Waals surface area contributed by atoms with Crippen LogP contribution in [0.3, 0.4) is 0 Å². The van der Waals surface area contributed by atoms with Crippen molar-refractivity contribution in [3.8, 4) is 11.5 Å². The predicted octanol–water partition coefficient (Wildman–Crippen LogP) is 2.73. The Balaban J connectivity index is 1.80. The average molecular weight is 428 g/mol. The van der Waals surface area contributed by atoms with Gasteiger partial charge in [-0.3, -0.25) is 14.4 Å². The number of amides is 2. The number of nitrogens with one attached hydrogen (secondary N) is 3. The first-order valence-corrected chi connectivity index (χ1v) is 9.86. The molecule has 0 aliphatic rings. The van der Waals surface area contributed by atoms with Crippen LogP contribution < -0.4 is 25.7 Å². The van der Waals surface area contributed by atoms with E-state index in [4.69, 9.17) is 14.3 Å². The Hall–Kier alpha value is -3.59. The maximum Gasteiger partial charge on any atom is 0.271 e. The van der Waals surface area contributed by atoms with Crippen LogP contribution in [0.15, 0.2) is 47.6 Å². The maximum absolute atomic E-state index is 12.3. The second-order valence-electron chi connectivity index (χ2n) is 6.41. The van der Waals surface area contributed by atoms with Gasteiger partial charge in [0, 0.05) is 35.8 Å². The van der Waals surface area contributed by atoms with Crippen LogP contribution in [0.25, 0.3) is 0 Å². The number of hydrazone groups is 1. The summed E-state index contributed by atoms with van der Waals surface area (Å²) in [6.45, 7) is 2.86. The summed E-state index contributed by atoms with van der Waals surface area (Å²) in [6, 6.07) is 12.3. The van der Waals surface area contributed by atoms with Crippen molar-refractivity contribution in [2.45, 2.75) is 19.8 Å². The highest BCUT2D eigenvalue weighted by atomic mass is 16.6. The van der Waals surface area contributed by atoms with Crippen molar-refractivity contribution in [3.63, 3.8) is 0 Å². The second kappa shape index (κ2) is 12.9. The summed E-state index contributed by atoms with van der Waals surface area (Å²) in [5.41, 5.74) is 6.91. The number of hydrogen-bond donors (Lipinski definition) is 3. The van der Waals surface area contributed by atoms with E-state index in [9.17, 15) is 9.59 Å². The highest BCUT2D eigenvalue weighted by Crippen LogP contribution is 2.21. The molecule has 31 heavy (non-hydrogen) atoms. The van der Waals surface area contributed by atoms with Crippen LogP contribution in [0.5, 0.6) is 11.5 Å². The van der Waals surface area contributed by atoms with Gasteiger partial charge in [-0.2, -0.15) is 5.10 Å². The molecule has 2 rings (SSSR count). The largest absolute Gasteiger partial charge is 0.497 e. The van der Waals surface area contributed by atoms with Gasteiger partial charge < -0.3 is 14.8 Å². The van der Waals surface area contributed by atoms with Gasteiger partial charge in [-0.15, -0.1) is 0 Å². The van der Waals surface area contributed by atoms with Crippen molar-refractivity contribution in [2.75, 3.05) is 32.7 Å². The van der Waals surface area contributed by atoms with Crippen molar-refractivity contribution >= 4 is 23.7 Å². The third-order valence-electron chi connectivity index (χ3n) is 4.14. The Bertz CT molecular complexity index is 862. The molecular formula is C22H28N4O5.